The van der Waals surface area contributed by atoms with E-state index in [9.17, 15) is 37.5 Å². The zero-order valence-electron chi connectivity index (χ0n) is 24.3. The Hall–Kier alpha value is -5.11. The van der Waals surface area contributed by atoms with Gasteiger partial charge >= 0.3 is 24.1 Å². The molecule has 3 rings (SSSR count). The normalized spacial score (nSPS) is 11.2. The van der Waals surface area contributed by atoms with Crippen molar-refractivity contribution in [3.63, 3.8) is 0 Å². The van der Waals surface area contributed by atoms with E-state index in [-0.39, 0.29) is 31.3 Å². The quantitative estimate of drug-likeness (QED) is 0.133. The summed E-state index contributed by atoms with van der Waals surface area (Å²) in [5, 5.41) is 27.6. The van der Waals surface area contributed by atoms with Crippen molar-refractivity contribution in [3.05, 3.63) is 89.4 Å². The molecule has 15 heteroatoms. The van der Waals surface area contributed by atoms with Crippen LogP contribution in [0.1, 0.15) is 37.3 Å². The topological polar surface area (TPSA) is 174 Å². The van der Waals surface area contributed by atoms with Crippen molar-refractivity contribution in [1.29, 1.82) is 0 Å². The van der Waals surface area contributed by atoms with Crippen LogP contribution in [0.3, 0.4) is 0 Å². The summed E-state index contributed by atoms with van der Waals surface area (Å²) in [6.45, 7) is 0.117. The van der Waals surface area contributed by atoms with Crippen molar-refractivity contribution in [2.75, 3.05) is 18.4 Å². The van der Waals surface area contributed by atoms with Gasteiger partial charge in [-0.05, 0) is 53.8 Å². The van der Waals surface area contributed by atoms with Crippen LogP contribution in [0.5, 0.6) is 0 Å². The molecule has 3 aromatic carbocycles. The van der Waals surface area contributed by atoms with Crippen molar-refractivity contribution in [1.82, 2.24) is 16.0 Å². The highest BCUT2D eigenvalue weighted by molar-refractivity contribution is 6.30. The van der Waals surface area contributed by atoms with Crippen LogP contribution in [-0.2, 0) is 19.2 Å². The van der Waals surface area contributed by atoms with E-state index in [4.69, 9.17) is 21.5 Å². The third-order valence-corrected chi connectivity index (χ3v) is 6.29. The first-order valence-electron chi connectivity index (χ1n) is 13.8. The Morgan fingerprint density at radius 2 is 1.35 bits per heavy atom. The van der Waals surface area contributed by atoms with Gasteiger partial charge in [0.2, 0.25) is 11.8 Å². The summed E-state index contributed by atoms with van der Waals surface area (Å²) in [6, 6.07) is 22.7. The van der Waals surface area contributed by atoms with E-state index in [0.29, 0.717) is 35.7 Å². The molecule has 0 aromatic heterocycles. The second-order valence-electron chi connectivity index (χ2n) is 9.63. The molecule has 0 fully saturated rings. The fraction of sp³-hybridized carbons (Fsp3) is 0.258. The number of hydrogen-bond donors (Lipinski definition) is 6. The van der Waals surface area contributed by atoms with Crippen LogP contribution in [0.4, 0.5) is 23.7 Å². The molecule has 0 bridgehead atoms. The van der Waals surface area contributed by atoms with Gasteiger partial charge in [0.25, 0.3) is 0 Å². The van der Waals surface area contributed by atoms with E-state index in [1.807, 2.05) is 42.5 Å². The number of hydrogen-bond acceptors (Lipinski definition) is 5. The van der Waals surface area contributed by atoms with Gasteiger partial charge in [0.15, 0.2) is 0 Å². The summed E-state index contributed by atoms with van der Waals surface area (Å²) in [5.74, 6) is -4.60. The number of alkyl halides is 3. The Labute approximate surface area is 267 Å². The van der Waals surface area contributed by atoms with E-state index in [0.717, 1.165) is 11.1 Å². The second-order valence-corrected chi connectivity index (χ2v) is 10.1. The molecule has 0 saturated heterocycles. The van der Waals surface area contributed by atoms with Crippen molar-refractivity contribution in [2.45, 2.75) is 37.9 Å². The number of rotatable bonds is 13. The first-order chi connectivity index (χ1) is 21.7. The number of nitrogens with one attached hydrogen (secondary N) is 4. The molecule has 1 atom stereocenters. The molecule has 0 saturated carbocycles. The van der Waals surface area contributed by atoms with Gasteiger partial charge in [-0.3, -0.25) is 14.4 Å². The number of carbonyl (C=O) groups excluding carboxylic acids is 3. The van der Waals surface area contributed by atoms with Crippen LogP contribution in [0.25, 0.3) is 11.1 Å². The van der Waals surface area contributed by atoms with E-state index in [1.165, 1.54) is 0 Å². The lowest BCUT2D eigenvalue weighted by Gasteiger charge is -2.18. The molecule has 4 amide bonds. The smallest absolute Gasteiger partial charge is 0.481 e. The Morgan fingerprint density at radius 1 is 0.761 bits per heavy atom. The minimum absolute atomic E-state index is 0.188. The Morgan fingerprint density at radius 3 is 1.91 bits per heavy atom. The maximum atomic E-state index is 12.4. The van der Waals surface area contributed by atoms with Gasteiger partial charge in [0.1, 0.15) is 0 Å². The molecule has 46 heavy (non-hydrogen) atoms. The number of unbranched alkanes of at least 4 members (excludes halogenated alkanes) is 1. The lowest BCUT2D eigenvalue weighted by Crippen LogP contribution is -2.39. The molecule has 1 unspecified atom stereocenters. The first kappa shape index (κ1) is 37.1. The summed E-state index contributed by atoms with van der Waals surface area (Å²) >= 11 is 5.82. The highest BCUT2D eigenvalue weighted by Crippen LogP contribution is 2.23. The van der Waals surface area contributed by atoms with Crippen LogP contribution in [-0.4, -0.2) is 59.3 Å². The van der Waals surface area contributed by atoms with Crippen LogP contribution in [0, 0.1) is 0 Å². The average Bonchev–Trinajstić information content (AvgIpc) is 3.01. The minimum atomic E-state index is -5.08. The Bertz CT molecular complexity index is 1460. The molecule has 0 aliphatic carbocycles. The van der Waals surface area contributed by atoms with Crippen LogP contribution in [0.2, 0.25) is 5.02 Å². The lowest BCUT2D eigenvalue weighted by atomic mass is 9.99. The summed E-state index contributed by atoms with van der Waals surface area (Å²) in [7, 11) is 0. The molecule has 0 aliphatic heterocycles. The fourth-order valence-corrected chi connectivity index (χ4v) is 3.92. The van der Waals surface area contributed by atoms with E-state index in [1.54, 1.807) is 36.4 Å². The fourth-order valence-electron chi connectivity index (χ4n) is 3.80. The van der Waals surface area contributed by atoms with Crippen molar-refractivity contribution >= 4 is 47.1 Å². The number of aliphatic carboxylic acids is 2. The predicted molar refractivity (Wildman–Crippen MR) is 164 cm³/mol. The maximum Gasteiger partial charge on any atom is 0.490 e. The standard InChI is InChI=1S/C29H31ClN4O5.C2HF3O2/c30-23-13-15-24(16-14-23)33-29(39)31-17-5-4-8-26(35)32-19-27(36)34-25(18-28(37)38)22-11-9-21(10-12-22)20-6-2-1-3-7-20;3-2(4,5)1(6)7/h1-3,6-7,9-16,25H,4-5,8,17-19H2,(H,32,35)(H,34,36)(H,37,38)(H2,31,33,39);(H,6,7). The van der Waals surface area contributed by atoms with Crippen molar-refractivity contribution in [2.24, 2.45) is 0 Å². The zero-order valence-corrected chi connectivity index (χ0v) is 25.0. The Kier molecular flexibility index (Phi) is 15.0. The third kappa shape index (κ3) is 14.6. The molecule has 6 N–H and O–H groups in total. The molecule has 0 heterocycles. The second kappa shape index (κ2) is 18.6. The van der Waals surface area contributed by atoms with E-state index >= 15 is 0 Å². The Balaban J connectivity index is 0.000000942. The number of benzene rings is 3. The SMILES string of the molecule is O=C(O)C(F)(F)F.O=C(O)CC(NC(=O)CNC(=O)CCCCNC(=O)Nc1ccc(Cl)cc1)c1ccc(-c2ccccc2)cc1. The summed E-state index contributed by atoms with van der Waals surface area (Å²) in [6.07, 6.45) is -4.09. The largest absolute Gasteiger partial charge is 0.490 e. The van der Waals surface area contributed by atoms with Crippen molar-refractivity contribution < 1.29 is 47.4 Å². The molecular weight excluding hydrogens is 633 g/mol. The molecule has 0 aliphatic rings. The lowest BCUT2D eigenvalue weighted by molar-refractivity contribution is -0.192. The summed E-state index contributed by atoms with van der Waals surface area (Å²) < 4.78 is 31.7. The monoisotopic (exact) mass is 664 g/mol. The summed E-state index contributed by atoms with van der Waals surface area (Å²) in [4.78, 5) is 56.7. The third-order valence-electron chi connectivity index (χ3n) is 6.04. The van der Waals surface area contributed by atoms with Crippen LogP contribution in [0.15, 0.2) is 78.9 Å². The first-order valence-corrected chi connectivity index (χ1v) is 14.2. The number of carboxylic acid groups (broad SMARTS) is 2. The van der Waals surface area contributed by atoms with Gasteiger partial charge in [0, 0.05) is 23.7 Å². The molecule has 0 spiro atoms. The molecule has 246 valence electrons. The molecule has 11 nitrogen and oxygen atoms in total. The average molecular weight is 665 g/mol. The van der Waals surface area contributed by atoms with Gasteiger partial charge in [-0.25, -0.2) is 9.59 Å². The molecule has 3 aromatic rings. The summed E-state index contributed by atoms with van der Waals surface area (Å²) in [5.41, 5.74) is 3.28. The molecular formula is C31H32ClF3N4O7. The number of halogens is 4. The van der Waals surface area contributed by atoms with E-state index in [2.05, 4.69) is 21.3 Å². The van der Waals surface area contributed by atoms with Gasteiger partial charge in [-0.15, -0.1) is 0 Å². The van der Waals surface area contributed by atoms with Crippen LogP contribution < -0.4 is 21.3 Å². The van der Waals surface area contributed by atoms with Crippen LogP contribution >= 0.6 is 11.6 Å². The van der Waals surface area contributed by atoms with Gasteiger partial charge in [-0.1, -0.05) is 66.2 Å². The number of amides is 4. The number of carboxylic acids is 2. The van der Waals surface area contributed by atoms with Gasteiger partial charge in [-0.2, -0.15) is 13.2 Å². The molecule has 0 radical (unpaired) electrons. The highest BCUT2D eigenvalue weighted by Gasteiger charge is 2.38. The minimum Gasteiger partial charge on any atom is -0.481 e. The maximum absolute atomic E-state index is 12.4. The van der Waals surface area contributed by atoms with Gasteiger partial charge in [0.05, 0.1) is 19.0 Å². The van der Waals surface area contributed by atoms with Crippen molar-refractivity contribution in [3.8, 4) is 11.1 Å². The zero-order chi connectivity index (χ0) is 34.1. The number of anilines is 1. The predicted octanol–water partition coefficient (Wildman–Crippen LogP) is 5.38. The number of urea groups is 1. The highest BCUT2D eigenvalue weighted by atomic mass is 35.5. The number of carbonyl (C=O) groups is 5. The van der Waals surface area contributed by atoms with Gasteiger partial charge < -0.3 is 31.5 Å². The van der Waals surface area contributed by atoms with E-state index < -0.39 is 30.1 Å².